The fraction of sp³-hybridized carbons (Fsp3) is 0.400. The minimum absolute atomic E-state index is 0. The fourth-order valence-corrected chi connectivity index (χ4v) is 0.571. The van der Waals surface area contributed by atoms with Crippen molar-refractivity contribution in [2.75, 3.05) is 6.54 Å². The molecular weight excluding hydrogens is 116 g/mol. The van der Waals surface area contributed by atoms with Gasteiger partial charge in [0.2, 0.25) is 0 Å². The molecule has 1 rings (SSSR count). The quantitative estimate of drug-likeness (QED) is 0.526. The zero-order chi connectivity index (χ0) is 5.82. The molecule has 0 atom stereocenters. The Labute approximate surface area is 54.1 Å². The van der Waals surface area contributed by atoms with E-state index in [2.05, 4.69) is 9.97 Å². The molecule has 0 bridgehead atoms. The first-order valence-electron chi connectivity index (χ1n) is 2.62. The number of aromatic amines is 1. The number of H-pyrrole nitrogens is 1. The smallest absolute Gasteiger partial charge is 0.107 e. The predicted octanol–water partition coefficient (Wildman–Crippen LogP) is 0.0729. The zero-order valence-corrected chi connectivity index (χ0v) is 5.30. The van der Waals surface area contributed by atoms with Gasteiger partial charge in [0, 0.05) is 18.8 Å². The lowest BCUT2D eigenvalue weighted by atomic mass is 10.4. The van der Waals surface area contributed by atoms with Crippen LogP contribution in [0.15, 0.2) is 12.4 Å². The number of aromatic nitrogens is 2. The minimum Gasteiger partial charge on any atom is -0.349 e. The summed E-state index contributed by atoms with van der Waals surface area (Å²) in [6.07, 6.45) is 4.36. The molecule has 1 heterocycles. The Morgan fingerprint density at radius 1 is 1.67 bits per heavy atom. The maximum Gasteiger partial charge on any atom is 0.107 e. The number of hydrogen-bond donors (Lipinski definition) is 3. The summed E-state index contributed by atoms with van der Waals surface area (Å²) in [4.78, 5) is 6.92. The van der Waals surface area contributed by atoms with Gasteiger partial charge >= 0.3 is 0 Å². The molecule has 1 aromatic heterocycles. The molecule has 4 nitrogen and oxygen atoms in total. The van der Waals surface area contributed by atoms with Crippen LogP contribution in [0.25, 0.3) is 0 Å². The van der Waals surface area contributed by atoms with Crippen molar-refractivity contribution in [2.45, 2.75) is 6.42 Å². The van der Waals surface area contributed by atoms with Crippen LogP contribution in [0.5, 0.6) is 0 Å². The fourth-order valence-electron chi connectivity index (χ4n) is 0.571. The minimum atomic E-state index is 0. The summed E-state index contributed by atoms with van der Waals surface area (Å²) < 4.78 is 0. The predicted molar refractivity (Wildman–Crippen MR) is 36.4 cm³/mol. The average Bonchev–Trinajstić information content (AvgIpc) is 2.19. The number of nitrogens with one attached hydrogen (secondary N) is 1. The molecule has 0 unspecified atom stereocenters. The molecule has 0 aliphatic heterocycles. The SMILES string of the molecule is N.NCCc1ncc[nH]1. The van der Waals surface area contributed by atoms with Gasteiger partial charge in [-0.25, -0.2) is 4.98 Å². The molecule has 0 amide bonds. The molecule has 0 aromatic carbocycles. The van der Waals surface area contributed by atoms with Crippen molar-refractivity contribution in [1.82, 2.24) is 16.1 Å². The van der Waals surface area contributed by atoms with Crippen LogP contribution >= 0.6 is 0 Å². The van der Waals surface area contributed by atoms with Crippen LogP contribution in [0.3, 0.4) is 0 Å². The molecule has 0 fully saturated rings. The Bertz CT molecular complexity index is 135. The molecule has 9 heavy (non-hydrogen) atoms. The summed E-state index contributed by atoms with van der Waals surface area (Å²) in [5, 5.41) is 0. The zero-order valence-electron chi connectivity index (χ0n) is 5.30. The normalized spacial score (nSPS) is 8.56. The Morgan fingerprint density at radius 3 is 2.89 bits per heavy atom. The Kier molecular flexibility index (Phi) is 3.66. The first-order valence-corrected chi connectivity index (χ1v) is 2.62. The van der Waals surface area contributed by atoms with E-state index in [-0.39, 0.29) is 6.15 Å². The number of rotatable bonds is 2. The molecule has 0 saturated carbocycles. The largest absolute Gasteiger partial charge is 0.349 e. The number of hydrogen-bond acceptors (Lipinski definition) is 3. The summed E-state index contributed by atoms with van der Waals surface area (Å²) in [6.45, 7) is 0.660. The van der Waals surface area contributed by atoms with Gasteiger partial charge in [-0.3, -0.25) is 0 Å². The van der Waals surface area contributed by atoms with Gasteiger partial charge in [-0.15, -0.1) is 0 Å². The highest BCUT2D eigenvalue weighted by molar-refractivity contribution is 4.86. The van der Waals surface area contributed by atoms with Crippen LogP contribution in [0.4, 0.5) is 0 Å². The summed E-state index contributed by atoms with van der Waals surface area (Å²) in [6, 6.07) is 0. The van der Waals surface area contributed by atoms with Crippen molar-refractivity contribution >= 4 is 0 Å². The van der Waals surface area contributed by atoms with Crippen LogP contribution in [0, 0.1) is 0 Å². The lowest BCUT2D eigenvalue weighted by molar-refractivity contribution is 0.894. The van der Waals surface area contributed by atoms with Crippen LogP contribution < -0.4 is 11.9 Å². The maximum absolute atomic E-state index is 5.26. The third-order valence-corrected chi connectivity index (χ3v) is 0.936. The van der Waals surface area contributed by atoms with Crippen LogP contribution in [0.2, 0.25) is 0 Å². The van der Waals surface area contributed by atoms with Gasteiger partial charge in [0.15, 0.2) is 0 Å². The first-order chi connectivity index (χ1) is 3.93. The van der Waals surface area contributed by atoms with Crippen LogP contribution in [-0.2, 0) is 6.42 Å². The van der Waals surface area contributed by atoms with E-state index in [1.165, 1.54) is 0 Å². The lowest BCUT2D eigenvalue weighted by Crippen LogP contribution is -2.03. The van der Waals surface area contributed by atoms with E-state index in [1.54, 1.807) is 12.4 Å². The highest BCUT2D eigenvalue weighted by Gasteiger charge is 1.87. The van der Waals surface area contributed by atoms with Crippen LogP contribution in [0.1, 0.15) is 5.82 Å². The first kappa shape index (κ1) is 8.13. The van der Waals surface area contributed by atoms with Gasteiger partial charge in [0.25, 0.3) is 0 Å². The third-order valence-electron chi connectivity index (χ3n) is 0.936. The maximum atomic E-state index is 5.26. The molecule has 0 aliphatic rings. The van der Waals surface area contributed by atoms with Crippen molar-refractivity contribution in [1.29, 1.82) is 0 Å². The highest BCUT2D eigenvalue weighted by Crippen LogP contribution is 1.85. The summed E-state index contributed by atoms with van der Waals surface area (Å²) >= 11 is 0. The van der Waals surface area contributed by atoms with Gasteiger partial charge in [-0.05, 0) is 6.54 Å². The Hall–Kier alpha value is -0.870. The molecular formula is C5H12N4. The van der Waals surface area contributed by atoms with E-state index in [1.807, 2.05) is 0 Å². The monoisotopic (exact) mass is 128 g/mol. The topological polar surface area (TPSA) is 89.7 Å². The molecule has 1 aromatic rings. The number of imidazole rings is 1. The van der Waals surface area contributed by atoms with Crippen molar-refractivity contribution in [3.05, 3.63) is 18.2 Å². The van der Waals surface area contributed by atoms with Gasteiger partial charge in [0.1, 0.15) is 5.82 Å². The average molecular weight is 128 g/mol. The number of nitrogens with zero attached hydrogens (tertiary/aromatic N) is 1. The molecule has 4 heteroatoms. The summed E-state index contributed by atoms with van der Waals surface area (Å²) in [5.41, 5.74) is 5.26. The van der Waals surface area contributed by atoms with E-state index < -0.39 is 0 Å². The summed E-state index contributed by atoms with van der Waals surface area (Å²) in [5.74, 6) is 0.965. The standard InChI is InChI=1S/C5H9N3.H3N/c6-2-1-5-7-3-4-8-5;/h3-4H,1-2,6H2,(H,7,8);1H3. The van der Waals surface area contributed by atoms with E-state index in [0.29, 0.717) is 6.54 Å². The summed E-state index contributed by atoms with van der Waals surface area (Å²) in [7, 11) is 0. The van der Waals surface area contributed by atoms with E-state index in [4.69, 9.17) is 5.73 Å². The number of nitrogens with two attached hydrogens (primary N) is 1. The lowest BCUT2D eigenvalue weighted by Gasteiger charge is -1.86. The van der Waals surface area contributed by atoms with Crippen molar-refractivity contribution in [2.24, 2.45) is 5.73 Å². The van der Waals surface area contributed by atoms with Crippen molar-refractivity contribution in [3.8, 4) is 0 Å². The van der Waals surface area contributed by atoms with Gasteiger partial charge in [-0.2, -0.15) is 0 Å². The van der Waals surface area contributed by atoms with E-state index >= 15 is 0 Å². The second kappa shape index (κ2) is 4.05. The third kappa shape index (κ3) is 2.25. The molecule has 52 valence electrons. The molecule has 0 saturated heterocycles. The van der Waals surface area contributed by atoms with Crippen molar-refractivity contribution < 1.29 is 0 Å². The van der Waals surface area contributed by atoms with Gasteiger partial charge < -0.3 is 16.9 Å². The van der Waals surface area contributed by atoms with Gasteiger partial charge in [-0.1, -0.05) is 0 Å². The second-order valence-corrected chi connectivity index (χ2v) is 1.57. The molecule has 6 N–H and O–H groups in total. The molecule has 0 radical (unpaired) electrons. The second-order valence-electron chi connectivity index (χ2n) is 1.57. The van der Waals surface area contributed by atoms with E-state index in [0.717, 1.165) is 12.2 Å². The molecule has 0 spiro atoms. The Morgan fingerprint density at radius 2 is 2.44 bits per heavy atom. The Balaban J connectivity index is 0.000000640. The van der Waals surface area contributed by atoms with E-state index in [9.17, 15) is 0 Å². The van der Waals surface area contributed by atoms with Crippen molar-refractivity contribution in [3.63, 3.8) is 0 Å². The van der Waals surface area contributed by atoms with Crippen LogP contribution in [-0.4, -0.2) is 16.5 Å². The molecule has 0 aliphatic carbocycles. The highest BCUT2D eigenvalue weighted by atomic mass is 14.9. The van der Waals surface area contributed by atoms with Gasteiger partial charge in [0.05, 0.1) is 0 Å².